The van der Waals surface area contributed by atoms with Crippen LogP contribution in [-0.4, -0.2) is 25.2 Å². The third-order valence-electron chi connectivity index (χ3n) is 5.59. The highest BCUT2D eigenvalue weighted by molar-refractivity contribution is 5.87. The van der Waals surface area contributed by atoms with Crippen molar-refractivity contribution in [3.8, 4) is 0 Å². The summed E-state index contributed by atoms with van der Waals surface area (Å²) in [6.45, 7) is 5.73. The molecule has 4 aliphatic carbocycles. The van der Waals surface area contributed by atoms with Gasteiger partial charge in [0.15, 0.2) is 0 Å². The fourth-order valence-electron chi connectivity index (χ4n) is 5.12. The molecule has 4 fully saturated rings. The summed E-state index contributed by atoms with van der Waals surface area (Å²) in [4.78, 5) is 23.1. The van der Waals surface area contributed by atoms with Crippen molar-refractivity contribution in [3.05, 3.63) is 12.2 Å². The summed E-state index contributed by atoms with van der Waals surface area (Å²) < 4.78 is 10.4. The van der Waals surface area contributed by atoms with E-state index in [1.54, 1.807) is 6.92 Å². The number of carbonyl (C=O) groups excluding carboxylic acids is 2. The SMILES string of the molecule is C=C(C)C(=O)OCCC(=O)OCC12CC3CC(CC(C3)C1)C2. The molecule has 0 spiro atoms. The van der Waals surface area contributed by atoms with Crippen LogP contribution in [0.1, 0.15) is 51.9 Å². The van der Waals surface area contributed by atoms with Gasteiger partial charge in [-0.2, -0.15) is 0 Å². The smallest absolute Gasteiger partial charge is 0.333 e. The molecule has 0 aromatic rings. The largest absolute Gasteiger partial charge is 0.465 e. The van der Waals surface area contributed by atoms with E-state index in [0.717, 1.165) is 17.8 Å². The van der Waals surface area contributed by atoms with Crippen LogP contribution < -0.4 is 0 Å². The Bertz CT molecular complexity index is 444. The van der Waals surface area contributed by atoms with Gasteiger partial charge in [0.25, 0.3) is 0 Å². The number of ether oxygens (including phenoxy) is 2. The predicted octanol–water partition coefficient (Wildman–Crippen LogP) is 3.26. The molecule has 4 rings (SSSR count). The second-order valence-electron chi connectivity index (χ2n) is 7.74. The van der Waals surface area contributed by atoms with Gasteiger partial charge in [0.1, 0.15) is 6.61 Å². The topological polar surface area (TPSA) is 52.6 Å². The van der Waals surface area contributed by atoms with Crippen molar-refractivity contribution >= 4 is 11.9 Å². The van der Waals surface area contributed by atoms with Crippen LogP contribution in [0.5, 0.6) is 0 Å². The Balaban J connectivity index is 1.42. The molecule has 4 heteroatoms. The molecular formula is C18H26O4. The van der Waals surface area contributed by atoms with Crippen molar-refractivity contribution in [2.75, 3.05) is 13.2 Å². The molecule has 4 nitrogen and oxygen atoms in total. The average molecular weight is 306 g/mol. The van der Waals surface area contributed by atoms with Gasteiger partial charge in [-0.15, -0.1) is 0 Å². The summed E-state index contributed by atoms with van der Waals surface area (Å²) in [5.41, 5.74) is 0.598. The lowest BCUT2D eigenvalue weighted by atomic mass is 9.50. The highest BCUT2D eigenvalue weighted by Crippen LogP contribution is 2.60. The van der Waals surface area contributed by atoms with E-state index in [-0.39, 0.29) is 24.4 Å². The summed E-state index contributed by atoms with van der Waals surface area (Å²) in [5, 5.41) is 0. The van der Waals surface area contributed by atoms with Gasteiger partial charge in [-0.25, -0.2) is 4.79 Å². The van der Waals surface area contributed by atoms with Crippen LogP contribution >= 0.6 is 0 Å². The van der Waals surface area contributed by atoms with Gasteiger partial charge in [0, 0.05) is 11.0 Å². The van der Waals surface area contributed by atoms with E-state index >= 15 is 0 Å². The first-order chi connectivity index (χ1) is 10.5. The van der Waals surface area contributed by atoms with E-state index in [1.165, 1.54) is 38.5 Å². The van der Waals surface area contributed by atoms with E-state index in [9.17, 15) is 9.59 Å². The van der Waals surface area contributed by atoms with Crippen molar-refractivity contribution in [2.24, 2.45) is 23.2 Å². The van der Waals surface area contributed by atoms with Crippen LogP contribution in [0.2, 0.25) is 0 Å². The molecule has 4 aliphatic rings. The van der Waals surface area contributed by atoms with E-state index in [4.69, 9.17) is 9.47 Å². The van der Waals surface area contributed by atoms with E-state index in [2.05, 4.69) is 6.58 Å². The average Bonchev–Trinajstić information content (AvgIpc) is 2.43. The maximum Gasteiger partial charge on any atom is 0.333 e. The maximum absolute atomic E-state index is 11.9. The Morgan fingerprint density at radius 1 is 1.05 bits per heavy atom. The normalized spacial score (nSPS) is 35.2. The molecule has 0 unspecified atom stereocenters. The Kier molecular flexibility index (Phi) is 4.28. The third-order valence-corrected chi connectivity index (χ3v) is 5.59. The molecule has 0 aromatic heterocycles. The van der Waals surface area contributed by atoms with Crippen molar-refractivity contribution in [3.63, 3.8) is 0 Å². The molecule has 122 valence electrons. The van der Waals surface area contributed by atoms with Crippen molar-refractivity contribution in [1.82, 2.24) is 0 Å². The fourth-order valence-corrected chi connectivity index (χ4v) is 5.12. The number of hydrogen-bond donors (Lipinski definition) is 0. The molecule has 4 saturated carbocycles. The van der Waals surface area contributed by atoms with Crippen LogP contribution in [0.3, 0.4) is 0 Å². The summed E-state index contributed by atoms with van der Waals surface area (Å²) >= 11 is 0. The van der Waals surface area contributed by atoms with Gasteiger partial charge in [-0.3, -0.25) is 4.79 Å². The minimum absolute atomic E-state index is 0.0748. The van der Waals surface area contributed by atoms with Crippen LogP contribution in [0.15, 0.2) is 12.2 Å². The molecule has 4 bridgehead atoms. The van der Waals surface area contributed by atoms with Crippen LogP contribution in [0.4, 0.5) is 0 Å². The standard InChI is InChI=1S/C18H26O4/c1-12(2)17(20)21-4-3-16(19)22-11-18-8-13-5-14(9-18)7-15(6-13)10-18/h13-15H,1,3-11H2,2H3. The molecule has 0 amide bonds. The van der Waals surface area contributed by atoms with Crippen molar-refractivity contribution < 1.29 is 19.1 Å². The lowest BCUT2D eigenvalue weighted by Gasteiger charge is -2.56. The minimum atomic E-state index is -0.450. The maximum atomic E-state index is 11.9. The molecule has 0 radical (unpaired) electrons. The highest BCUT2D eigenvalue weighted by atomic mass is 16.5. The molecule has 22 heavy (non-hydrogen) atoms. The van der Waals surface area contributed by atoms with Crippen molar-refractivity contribution in [1.29, 1.82) is 0 Å². The fraction of sp³-hybridized carbons (Fsp3) is 0.778. The van der Waals surface area contributed by atoms with Gasteiger partial charge >= 0.3 is 11.9 Å². The second-order valence-corrected chi connectivity index (χ2v) is 7.74. The quantitative estimate of drug-likeness (QED) is 0.558. The second kappa shape index (κ2) is 6.05. The molecular weight excluding hydrogens is 280 g/mol. The number of esters is 2. The summed E-state index contributed by atoms with van der Waals surface area (Å²) in [6, 6.07) is 0. The molecule has 0 saturated heterocycles. The van der Waals surface area contributed by atoms with Gasteiger partial charge in [0.2, 0.25) is 0 Å². The first-order valence-corrected chi connectivity index (χ1v) is 8.44. The van der Waals surface area contributed by atoms with Gasteiger partial charge < -0.3 is 9.47 Å². The zero-order valence-corrected chi connectivity index (χ0v) is 13.4. The van der Waals surface area contributed by atoms with Gasteiger partial charge in [-0.05, 0) is 63.2 Å². The zero-order chi connectivity index (χ0) is 15.7. The Morgan fingerprint density at radius 2 is 1.59 bits per heavy atom. The third kappa shape index (κ3) is 3.36. The highest BCUT2D eigenvalue weighted by Gasteiger charge is 2.51. The van der Waals surface area contributed by atoms with Crippen LogP contribution in [0.25, 0.3) is 0 Å². The summed E-state index contributed by atoms with van der Waals surface area (Å²) in [6.07, 6.45) is 8.01. The summed E-state index contributed by atoms with van der Waals surface area (Å²) in [7, 11) is 0. The zero-order valence-electron chi connectivity index (χ0n) is 13.4. The van der Waals surface area contributed by atoms with E-state index < -0.39 is 5.97 Å². The minimum Gasteiger partial charge on any atom is -0.465 e. The summed E-state index contributed by atoms with van der Waals surface area (Å²) in [5.74, 6) is 1.88. The first-order valence-electron chi connectivity index (χ1n) is 8.44. The molecule has 0 atom stereocenters. The van der Waals surface area contributed by atoms with Crippen LogP contribution in [-0.2, 0) is 19.1 Å². The monoisotopic (exact) mass is 306 g/mol. The predicted molar refractivity (Wildman–Crippen MR) is 82.0 cm³/mol. The van der Waals surface area contributed by atoms with Crippen molar-refractivity contribution in [2.45, 2.75) is 51.9 Å². The van der Waals surface area contributed by atoms with E-state index in [1.807, 2.05) is 0 Å². The number of rotatable bonds is 6. The van der Waals surface area contributed by atoms with Gasteiger partial charge in [0.05, 0.1) is 13.0 Å². The Labute approximate surface area is 132 Å². The Morgan fingerprint density at radius 3 is 2.09 bits per heavy atom. The lowest BCUT2D eigenvalue weighted by Crippen LogP contribution is -2.48. The van der Waals surface area contributed by atoms with Crippen LogP contribution in [0, 0.1) is 23.2 Å². The number of hydrogen-bond acceptors (Lipinski definition) is 4. The Hall–Kier alpha value is -1.32. The lowest BCUT2D eigenvalue weighted by molar-refractivity contribution is -0.157. The number of carbonyl (C=O) groups is 2. The van der Waals surface area contributed by atoms with E-state index in [0.29, 0.717) is 12.2 Å². The van der Waals surface area contributed by atoms with Gasteiger partial charge in [-0.1, -0.05) is 6.58 Å². The molecule has 0 N–H and O–H groups in total. The molecule has 0 heterocycles. The first kappa shape index (κ1) is 15.6. The molecule has 0 aliphatic heterocycles. The molecule has 0 aromatic carbocycles.